The van der Waals surface area contributed by atoms with E-state index >= 15 is 0 Å². The predicted molar refractivity (Wildman–Crippen MR) is 132 cm³/mol. The molecule has 5 nitrogen and oxygen atoms in total. The van der Waals surface area contributed by atoms with E-state index in [1.807, 2.05) is 13.1 Å². The Kier molecular flexibility index (Phi) is 5.06. The molecule has 5 atom stereocenters. The highest BCUT2D eigenvalue weighted by molar-refractivity contribution is 5.92. The van der Waals surface area contributed by atoms with Gasteiger partial charge in [-0.25, -0.2) is 0 Å². The van der Waals surface area contributed by atoms with Crippen LogP contribution in [0.15, 0.2) is 36.5 Å². The first-order valence-corrected chi connectivity index (χ1v) is 12.6. The number of carbonyl (C=O) groups excluding carboxylic acids is 1. The maximum atomic E-state index is 13.0. The Morgan fingerprint density at radius 2 is 2.03 bits per heavy atom. The van der Waals surface area contributed by atoms with Gasteiger partial charge in [0.25, 0.3) is 0 Å². The lowest BCUT2D eigenvalue weighted by atomic mass is 9.94. The monoisotopic (exact) mass is 442 g/mol. The quantitative estimate of drug-likeness (QED) is 0.527. The summed E-state index contributed by atoms with van der Waals surface area (Å²) in [4.78, 5) is 21.1. The van der Waals surface area contributed by atoms with Gasteiger partial charge in [0.15, 0.2) is 0 Å². The lowest BCUT2D eigenvalue weighted by Crippen LogP contribution is -2.40. The van der Waals surface area contributed by atoms with Crippen molar-refractivity contribution in [1.82, 2.24) is 20.6 Å². The first kappa shape index (κ1) is 20.9. The molecule has 5 heteroatoms. The Balaban J connectivity index is 1.24. The molecule has 0 bridgehead atoms. The first-order chi connectivity index (χ1) is 16.0. The molecular weight excluding hydrogens is 408 g/mol. The molecule has 2 aliphatic carbocycles. The van der Waals surface area contributed by atoms with E-state index in [1.54, 1.807) is 0 Å². The first-order valence-electron chi connectivity index (χ1n) is 12.6. The van der Waals surface area contributed by atoms with Crippen molar-refractivity contribution in [3.8, 4) is 11.3 Å². The summed E-state index contributed by atoms with van der Waals surface area (Å²) in [6, 6.07) is 11.3. The van der Waals surface area contributed by atoms with Gasteiger partial charge in [-0.05, 0) is 91.8 Å². The number of aromatic amines is 1. The van der Waals surface area contributed by atoms with Gasteiger partial charge in [0.2, 0.25) is 5.91 Å². The molecule has 33 heavy (non-hydrogen) atoms. The number of hydrogen-bond donors (Lipinski definition) is 3. The van der Waals surface area contributed by atoms with Crippen LogP contribution in [0.4, 0.5) is 0 Å². The number of nitrogens with one attached hydrogen (secondary N) is 3. The number of amides is 1. The molecule has 2 saturated carbocycles. The van der Waals surface area contributed by atoms with Crippen molar-refractivity contribution in [2.24, 2.45) is 17.8 Å². The molecule has 1 aromatic carbocycles. The molecule has 3 fully saturated rings. The largest absolute Gasteiger partial charge is 0.354 e. The van der Waals surface area contributed by atoms with E-state index in [9.17, 15) is 4.79 Å². The topological polar surface area (TPSA) is 69.8 Å². The third kappa shape index (κ3) is 3.67. The zero-order valence-corrected chi connectivity index (χ0v) is 19.8. The molecule has 3 aliphatic rings. The predicted octanol–water partition coefficient (Wildman–Crippen LogP) is 4.88. The molecule has 3 aromatic rings. The Labute approximate surface area is 195 Å². The van der Waals surface area contributed by atoms with Gasteiger partial charge in [0, 0.05) is 46.9 Å². The van der Waals surface area contributed by atoms with Crippen LogP contribution in [0, 0.1) is 24.7 Å². The van der Waals surface area contributed by atoms with Crippen LogP contribution in [0.2, 0.25) is 0 Å². The Morgan fingerprint density at radius 1 is 1.15 bits per heavy atom. The van der Waals surface area contributed by atoms with E-state index in [1.165, 1.54) is 39.7 Å². The molecule has 3 N–H and O–H groups in total. The van der Waals surface area contributed by atoms with E-state index in [2.05, 4.69) is 64.8 Å². The summed E-state index contributed by atoms with van der Waals surface area (Å²) in [7, 11) is 0. The summed E-state index contributed by atoms with van der Waals surface area (Å²) >= 11 is 0. The van der Waals surface area contributed by atoms with Gasteiger partial charge in [-0.15, -0.1) is 0 Å². The average Bonchev–Trinajstić information content (AvgIpc) is 3.12. The number of nitrogens with zero attached hydrogens (tertiary/aromatic N) is 1. The van der Waals surface area contributed by atoms with Crippen LogP contribution < -0.4 is 10.6 Å². The molecule has 172 valence electrons. The molecular formula is C28H34N4O. The van der Waals surface area contributed by atoms with E-state index in [0.717, 1.165) is 37.5 Å². The molecule has 0 radical (unpaired) electrons. The number of hydrogen-bond acceptors (Lipinski definition) is 3. The Hall–Kier alpha value is -2.66. The molecule has 3 unspecified atom stereocenters. The lowest BCUT2D eigenvalue weighted by Gasteiger charge is -2.19. The van der Waals surface area contributed by atoms with Crippen LogP contribution in [-0.4, -0.2) is 35.0 Å². The standard InChI is InChI=1S/C28H34N4O/c1-15(2)26-22-11-17(4-6-24(22)31-27(26)18-8-9-30-16(3)10-18)20-12-21(20)28(33)32-25-7-5-19-13-29-14-23(19)25/h4,6,8-11,15,19-21,23,25,29,31H,5,7,12-14H2,1-3H3,(H,32,33)/t19?,20-,21-,23?,25?/m1/s1. The fourth-order valence-electron chi connectivity index (χ4n) is 6.46. The molecule has 3 heterocycles. The summed E-state index contributed by atoms with van der Waals surface area (Å²) in [5, 5.41) is 8.20. The van der Waals surface area contributed by atoms with Crippen LogP contribution in [0.1, 0.15) is 61.8 Å². The minimum atomic E-state index is 0.125. The van der Waals surface area contributed by atoms with Gasteiger partial charge in [-0.3, -0.25) is 9.78 Å². The fraction of sp³-hybridized carbons (Fsp3) is 0.500. The van der Waals surface area contributed by atoms with Crippen LogP contribution in [-0.2, 0) is 4.79 Å². The smallest absolute Gasteiger partial charge is 0.223 e. The van der Waals surface area contributed by atoms with Crippen LogP contribution in [0.5, 0.6) is 0 Å². The second kappa shape index (κ2) is 7.98. The van der Waals surface area contributed by atoms with Crippen molar-refractivity contribution in [3.63, 3.8) is 0 Å². The van der Waals surface area contributed by atoms with Crippen LogP contribution >= 0.6 is 0 Å². The number of aryl methyl sites for hydroxylation is 1. The SMILES string of the molecule is Cc1cc(-c2[nH]c3ccc([C@H]4C[C@H]4C(=O)NC4CCC5CNCC54)cc3c2C(C)C)ccn1. The van der Waals surface area contributed by atoms with Gasteiger partial charge < -0.3 is 15.6 Å². The number of H-pyrrole nitrogens is 1. The summed E-state index contributed by atoms with van der Waals surface area (Å²) in [5.74, 6) is 2.52. The van der Waals surface area contributed by atoms with Gasteiger partial charge in [0.1, 0.15) is 0 Å². The molecule has 6 rings (SSSR count). The van der Waals surface area contributed by atoms with Crippen molar-refractivity contribution in [1.29, 1.82) is 0 Å². The lowest BCUT2D eigenvalue weighted by molar-refractivity contribution is -0.123. The summed E-state index contributed by atoms with van der Waals surface area (Å²) < 4.78 is 0. The third-order valence-electron chi connectivity index (χ3n) is 8.27. The van der Waals surface area contributed by atoms with Gasteiger partial charge in [-0.2, -0.15) is 0 Å². The highest BCUT2D eigenvalue weighted by atomic mass is 16.2. The Bertz CT molecular complexity index is 1210. The summed E-state index contributed by atoms with van der Waals surface area (Å²) in [6.07, 6.45) is 5.24. The van der Waals surface area contributed by atoms with Crippen molar-refractivity contribution < 1.29 is 4.79 Å². The third-order valence-corrected chi connectivity index (χ3v) is 8.27. The number of carbonyl (C=O) groups is 1. The minimum Gasteiger partial charge on any atom is -0.354 e. The molecule has 0 spiro atoms. The molecule has 2 aromatic heterocycles. The molecule has 1 saturated heterocycles. The summed E-state index contributed by atoms with van der Waals surface area (Å²) in [6.45, 7) is 8.73. The van der Waals surface area contributed by atoms with Crippen molar-refractivity contribution >= 4 is 16.8 Å². The maximum absolute atomic E-state index is 13.0. The second-order valence-electron chi connectivity index (χ2n) is 10.8. The number of pyridine rings is 1. The highest BCUT2D eigenvalue weighted by Gasteiger charge is 2.47. The summed E-state index contributed by atoms with van der Waals surface area (Å²) in [5.41, 5.74) is 7.21. The fourth-order valence-corrected chi connectivity index (χ4v) is 6.46. The number of fused-ring (bicyclic) bond motifs is 2. The minimum absolute atomic E-state index is 0.125. The molecule has 1 aliphatic heterocycles. The zero-order chi connectivity index (χ0) is 22.7. The van der Waals surface area contributed by atoms with Crippen molar-refractivity contribution in [2.45, 2.75) is 57.9 Å². The molecule has 1 amide bonds. The maximum Gasteiger partial charge on any atom is 0.223 e. The average molecular weight is 443 g/mol. The number of rotatable bonds is 5. The van der Waals surface area contributed by atoms with Gasteiger partial charge in [-0.1, -0.05) is 19.9 Å². The normalized spacial score (nSPS) is 28.4. The van der Waals surface area contributed by atoms with Crippen LogP contribution in [0.3, 0.4) is 0 Å². The van der Waals surface area contributed by atoms with E-state index in [4.69, 9.17) is 0 Å². The Morgan fingerprint density at radius 3 is 2.85 bits per heavy atom. The van der Waals surface area contributed by atoms with Crippen LogP contribution in [0.25, 0.3) is 22.2 Å². The zero-order valence-electron chi connectivity index (χ0n) is 19.8. The van der Waals surface area contributed by atoms with Crippen molar-refractivity contribution in [3.05, 3.63) is 53.3 Å². The number of aromatic nitrogens is 2. The highest BCUT2D eigenvalue weighted by Crippen LogP contribution is 2.49. The number of benzene rings is 1. The van der Waals surface area contributed by atoms with Crippen molar-refractivity contribution in [2.75, 3.05) is 13.1 Å². The van der Waals surface area contributed by atoms with Gasteiger partial charge >= 0.3 is 0 Å². The van der Waals surface area contributed by atoms with Gasteiger partial charge in [0.05, 0.1) is 5.69 Å². The van der Waals surface area contributed by atoms with E-state index < -0.39 is 0 Å². The second-order valence-corrected chi connectivity index (χ2v) is 10.8. The van der Waals surface area contributed by atoms with E-state index in [-0.39, 0.29) is 11.8 Å². The van der Waals surface area contributed by atoms with E-state index in [0.29, 0.717) is 23.8 Å².